The molecule has 0 unspecified atom stereocenters. The van der Waals surface area contributed by atoms with Crippen molar-refractivity contribution < 1.29 is 19.1 Å². The van der Waals surface area contributed by atoms with Crippen molar-refractivity contribution in [3.8, 4) is 0 Å². The van der Waals surface area contributed by atoms with E-state index in [9.17, 15) is 9.59 Å². The Bertz CT molecular complexity index is 308. The van der Waals surface area contributed by atoms with E-state index in [1.807, 2.05) is 27.7 Å². The second kappa shape index (κ2) is 11.2. The maximum absolute atomic E-state index is 11.8. The molecule has 0 aromatic carbocycles. The third kappa shape index (κ3) is 7.78. The van der Waals surface area contributed by atoms with Crippen LogP contribution in [0.2, 0.25) is 0 Å². The lowest BCUT2D eigenvalue weighted by Gasteiger charge is -2.21. The molecule has 0 saturated carbocycles. The van der Waals surface area contributed by atoms with Gasteiger partial charge in [-0.05, 0) is 19.3 Å². The third-order valence-electron chi connectivity index (χ3n) is 2.82. The van der Waals surface area contributed by atoms with E-state index in [4.69, 9.17) is 9.47 Å². The van der Waals surface area contributed by atoms with Gasteiger partial charge in [0.05, 0.1) is 13.2 Å². The van der Waals surface area contributed by atoms with Gasteiger partial charge in [-0.2, -0.15) is 0 Å². The van der Waals surface area contributed by atoms with Crippen LogP contribution in [0.4, 0.5) is 9.59 Å². The summed E-state index contributed by atoms with van der Waals surface area (Å²) < 4.78 is 10.2. The predicted octanol–water partition coefficient (Wildman–Crippen LogP) is 2.97. The highest BCUT2D eigenvalue weighted by molar-refractivity contribution is 5.69. The standard InChI is InChI=1S/C13H24N2O4.C2H6/c1-4-18-12(16)14-6-5-7-15(9-8-14)13(17)19-10-11(2)3;1-2/h11H,4-10H2,1-3H3;1-2H3. The lowest BCUT2D eigenvalue weighted by molar-refractivity contribution is 0.0901. The van der Waals surface area contributed by atoms with E-state index in [0.29, 0.717) is 45.3 Å². The minimum Gasteiger partial charge on any atom is -0.450 e. The number of amides is 2. The van der Waals surface area contributed by atoms with Gasteiger partial charge in [-0.25, -0.2) is 9.59 Å². The average molecular weight is 302 g/mol. The number of hydrogen-bond acceptors (Lipinski definition) is 4. The molecule has 0 spiro atoms. The van der Waals surface area contributed by atoms with Gasteiger partial charge < -0.3 is 19.3 Å². The van der Waals surface area contributed by atoms with Crippen LogP contribution in [-0.2, 0) is 9.47 Å². The van der Waals surface area contributed by atoms with Crippen LogP contribution in [-0.4, -0.2) is 61.4 Å². The molecule has 1 saturated heterocycles. The van der Waals surface area contributed by atoms with Crippen molar-refractivity contribution >= 4 is 12.2 Å². The van der Waals surface area contributed by atoms with Crippen LogP contribution in [0.3, 0.4) is 0 Å². The average Bonchev–Trinajstić information content (AvgIpc) is 2.73. The molecule has 0 atom stereocenters. The van der Waals surface area contributed by atoms with Crippen molar-refractivity contribution in [2.24, 2.45) is 5.92 Å². The van der Waals surface area contributed by atoms with Crippen LogP contribution in [0.5, 0.6) is 0 Å². The first kappa shape index (κ1) is 19.5. The van der Waals surface area contributed by atoms with E-state index in [1.54, 1.807) is 16.7 Å². The van der Waals surface area contributed by atoms with Gasteiger partial charge in [0.25, 0.3) is 0 Å². The molecule has 2 amide bonds. The summed E-state index contributed by atoms with van der Waals surface area (Å²) in [6.45, 7) is 12.8. The van der Waals surface area contributed by atoms with Crippen LogP contribution < -0.4 is 0 Å². The lowest BCUT2D eigenvalue weighted by Crippen LogP contribution is -2.38. The minimum atomic E-state index is -0.306. The monoisotopic (exact) mass is 302 g/mol. The summed E-state index contributed by atoms with van der Waals surface area (Å²) in [5, 5.41) is 0. The fourth-order valence-corrected chi connectivity index (χ4v) is 1.83. The van der Waals surface area contributed by atoms with Crippen LogP contribution >= 0.6 is 0 Å². The molecule has 0 aromatic heterocycles. The number of hydrogen-bond donors (Lipinski definition) is 0. The smallest absolute Gasteiger partial charge is 0.409 e. The van der Waals surface area contributed by atoms with Gasteiger partial charge in [-0.3, -0.25) is 0 Å². The van der Waals surface area contributed by atoms with Crippen LogP contribution in [0.25, 0.3) is 0 Å². The Morgan fingerprint density at radius 3 is 1.86 bits per heavy atom. The molecule has 0 aliphatic carbocycles. The topological polar surface area (TPSA) is 59.1 Å². The molecule has 6 heteroatoms. The largest absolute Gasteiger partial charge is 0.450 e. The summed E-state index contributed by atoms with van der Waals surface area (Å²) in [4.78, 5) is 26.7. The fourth-order valence-electron chi connectivity index (χ4n) is 1.83. The molecule has 1 aliphatic heterocycles. The zero-order valence-corrected chi connectivity index (χ0v) is 14.1. The number of carbonyl (C=O) groups excluding carboxylic acids is 2. The van der Waals surface area contributed by atoms with Gasteiger partial charge in [0, 0.05) is 26.2 Å². The third-order valence-corrected chi connectivity index (χ3v) is 2.82. The minimum absolute atomic E-state index is 0.292. The summed E-state index contributed by atoms with van der Waals surface area (Å²) in [7, 11) is 0. The Kier molecular flexibility index (Phi) is 10.4. The molecule has 1 fully saturated rings. The number of nitrogens with zero attached hydrogens (tertiary/aromatic N) is 2. The zero-order chi connectivity index (χ0) is 16.3. The van der Waals surface area contributed by atoms with Crippen LogP contribution in [0.1, 0.15) is 41.0 Å². The molecule has 124 valence electrons. The number of rotatable bonds is 3. The second-order valence-electron chi connectivity index (χ2n) is 5.00. The van der Waals surface area contributed by atoms with E-state index >= 15 is 0 Å². The van der Waals surface area contributed by atoms with Crippen molar-refractivity contribution in [2.75, 3.05) is 39.4 Å². The highest BCUT2D eigenvalue weighted by Gasteiger charge is 2.23. The molecule has 0 aromatic rings. The number of ether oxygens (including phenoxy) is 2. The molecule has 0 N–H and O–H groups in total. The van der Waals surface area contributed by atoms with Crippen molar-refractivity contribution in [3.63, 3.8) is 0 Å². The zero-order valence-electron chi connectivity index (χ0n) is 14.1. The van der Waals surface area contributed by atoms with Crippen molar-refractivity contribution in [1.82, 2.24) is 9.80 Å². The first-order chi connectivity index (χ1) is 10.0. The first-order valence-corrected chi connectivity index (χ1v) is 7.88. The van der Waals surface area contributed by atoms with E-state index in [0.717, 1.165) is 6.42 Å². The van der Waals surface area contributed by atoms with Gasteiger partial charge in [-0.1, -0.05) is 27.7 Å². The summed E-state index contributed by atoms with van der Waals surface area (Å²) in [6.07, 6.45) is 0.148. The Hall–Kier alpha value is -1.46. The fraction of sp³-hybridized carbons (Fsp3) is 0.867. The summed E-state index contributed by atoms with van der Waals surface area (Å²) >= 11 is 0. The van der Waals surface area contributed by atoms with Crippen molar-refractivity contribution in [3.05, 3.63) is 0 Å². The molecule has 1 heterocycles. The van der Waals surface area contributed by atoms with Gasteiger partial charge in [0.1, 0.15) is 0 Å². The van der Waals surface area contributed by atoms with E-state index in [-0.39, 0.29) is 12.2 Å². The van der Waals surface area contributed by atoms with E-state index < -0.39 is 0 Å². The first-order valence-electron chi connectivity index (χ1n) is 7.88. The van der Waals surface area contributed by atoms with E-state index in [2.05, 4.69) is 0 Å². The number of carbonyl (C=O) groups is 2. The van der Waals surface area contributed by atoms with Gasteiger partial charge in [-0.15, -0.1) is 0 Å². The normalized spacial score (nSPS) is 15.0. The van der Waals surface area contributed by atoms with Crippen molar-refractivity contribution in [1.29, 1.82) is 0 Å². The quantitative estimate of drug-likeness (QED) is 0.804. The van der Waals surface area contributed by atoms with Gasteiger partial charge >= 0.3 is 12.2 Å². The molecule has 0 radical (unpaired) electrons. The predicted molar refractivity (Wildman–Crippen MR) is 82.3 cm³/mol. The Morgan fingerprint density at radius 2 is 1.43 bits per heavy atom. The molecule has 21 heavy (non-hydrogen) atoms. The highest BCUT2D eigenvalue weighted by atomic mass is 16.6. The highest BCUT2D eigenvalue weighted by Crippen LogP contribution is 2.07. The van der Waals surface area contributed by atoms with Crippen LogP contribution in [0.15, 0.2) is 0 Å². The molecular formula is C15H30N2O4. The Balaban J connectivity index is 0.00000191. The molecule has 1 aliphatic rings. The van der Waals surface area contributed by atoms with Crippen molar-refractivity contribution in [2.45, 2.75) is 41.0 Å². The lowest BCUT2D eigenvalue weighted by atomic mass is 10.2. The molecule has 0 bridgehead atoms. The second-order valence-corrected chi connectivity index (χ2v) is 5.00. The Morgan fingerprint density at radius 1 is 0.952 bits per heavy atom. The maximum atomic E-state index is 11.8. The van der Waals surface area contributed by atoms with Gasteiger partial charge in [0.15, 0.2) is 0 Å². The van der Waals surface area contributed by atoms with Crippen LogP contribution in [0, 0.1) is 5.92 Å². The maximum Gasteiger partial charge on any atom is 0.409 e. The molecular weight excluding hydrogens is 272 g/mol. The Labute approximate surface area is 128 Å². The molecule has 6 nitrogen and oxygen atoms in total. The summed E-state index contributed by atoms with van der Waals surface area (Å²) in [5.41, 5.74) is 0. The summed E-state index contributed by atoms with van der Waals surface area (Å²) in [6, 6.07) is 0. The van der Waals surface area contributed by atoms with E-state index in [1.165, 1.54) is 0 Å². The SMILES string of the molecule is CC.CCOC(=O)N1CCCN(C(=O)OCC(C)C)CC1. The summed E-state index contributed by atoms with van der Waals surface area (Å²) in [5.74, 6) is 0.326. The van der Waals surface area contributed by atoms with Gasteiger partial charge in [0.2, 0.25) is 0 Å². The molecule has 1 rings (SSSR count).